The van der Waals surface area contributed by atoms with Gasteiger partial charge >= 0.3 is 0 Å². The molecule has 0 bridgehead atoms. The average Bonchev–Trinajstić information content (AvgIpc) is 3.00. The van der Waals surface area contributed by atoms with Crippen LogP contribution in [0.15, 0.2) is 30.6 Å². The minimum atomic E-state index is 0.108. The highest BCUT2D eigenvalue weighted by molar-refractivity contribution is 5.94. The van der Waals surface area contributed by atoms with Gasteiger partial charge in [0.05, 0.1) is 5.69 Å². The number of benzene rings is 1. The Kier molecular flexibility index (Phi) is 3.68. The van der Waals surface area contributed by atoms with E-state index in [4.69, 9.17) is 0 Å². The molecule has 0 aliphatic carbocycles. The number of hydrogen-bond donors (Lipinski definition) is 0. The summed E-state index contributed by atoms with van der Waals surface area (Å²) in [6.07, 6.45) is 2.73. The highest BCUT2D eigenvalue weighted by Crippen LogP contribution is 2.22. The first-order valence-electron chi connectivity index (χ1n) is 7.26. The maximum atomic E-state index is 12.6. The number of nitrogens with zero attached hydrogens (tertiary/aromatic N) is 5. The molecule has 1 saturated heterocycles. The fourth-order valence-corrected chi connectivity index (χ4v) is 3.05. The van der Waals surface area contributed by atoms with Crippen LogP contribution in [0.25, 0.3) is 5.69 Å². The molecule has 2 aromatic rings. The second-order valence-corrected chi connectivity index (χ2v) is 5.96. The van der Waals surface area contributed by atoms with Gasteiger partial charge in [-0.25, -0.2) is 4.68 Å². The number of rotatable bonds is 2. The van der Waals surface area contributed by atoms with Crippen molar-refractivity contribution in [3.8, 4) is 5.69 Å². The first-order valence-corrected chi connectivity index (χ1v) is 7.26. The molecular weight excluding hydrogens is 266 g/mol. The number of aromatic nitrogens is 4. The molecule has 0 radical (unpaired) electrons. The van der Waals surface area contributed by atoms with Gasteiger partial charge in [-0.05, 0) is 52.9 Å². The van der Waals surface area contributed by atoms with Crippen LogP contribution in [0.1, 0.15) is 30.6 Å². The number of tetrazole rings is 1. The van der Waals surface area contributed by atoms with Gasteiger partial charge in [0, 0.05) is 18.7 Å². The van der Waals surface area contributed by atoms with Crippen LogP contribution in [0.5, 0.6) is 0 Å². The van der Waals surface area contributed by atoms with Crippen LogP contribution in [-0.4, -0.2) is 44.1 Å². The Morgan fingerprint density at radius 1 is 1.14 bits per heavy atom. The number of hydrogen-bond acceptors (Lipinski definition) is 4. The highest BCUT2D eigenvalue weighted by atomic mass is 16.2. The summed E-state index contributed by atoms with van der Waals surface area (Å²) in [6.45, 7) is 6.10. The molecule has 6 heteroatoms. The van der Waals surface area contributed by atoms with Crippen molar-refractivity contribution >= 4 is 5.91 Å². The molecule has 1 aromatic heterocycles. The highest BCUT2D eigenvalue weighted by Gasteiger charge is 2.26. The second kappa shape index (κ2) is 5.63. The monoisotopic (exact) mass is 285 g/mol. The molecule has 0 spiro atoms. The van der Waals surface area contributed by atoms with Crippen molar-refractivity contribution in [3.63, 3.8) is 0 Å². The Morgan fingerprint density at radius 3 is 2.38 bits per heavy atom. The molecule has 2 unspecified atom stereocenters. The van der Waals surface area contributed by atoms with Crippen molar-refractivity contribution in [1.29, 1.82) is 0 Å². The predicted molar refractivity (Wildman–Crippen MR) is 78.0 cm³/mol. The number of amides is 1. The van der Waals surface area contributed by atoms with Gasteiger partial charge in [-0.15, -0.1) is 5.10 Å². The van der Waals surface area contributed by atoms with Crippen molar-refractivity contribution in [2.45, 2.75) is 20.3 Å². The molecule has 6 nitrogen and oxygen atoms in total. The minimum Gasteiger partial charge on any atom is -0.338 e. The smallest absolute Gasteiger partial charge is 0.253 e. The van der Waals surface area contributed by atoms with Crippen molar-refractivity contribution in [2.24, 2.45) is 11.8 Å². The molecule has 1 amide bonds. The number of carbonyl (C=O) groups is 1. The number of carbonyl (C=O) groups excluding carboxylic acids is 1. The summed E-state index contributed by atoms with van der Waals surface area (Å²) in [5.74, 6) is 1.24. The molecule has 21 heavy (non-hydrogen) atoms. The summed E-state index contributed by atoms with van der Waals surface area (Å²) in [5, 5.41) is 11.0. The quantitative estimate of drug-likeness (QED) is 0.843. The van der Waals surface area contributed by atoms with E-state index in [1.807, 2.05) is 29.2 Å². The Labute approximate surface area is 123 Å². The topological polar surface area (TPSA) is 63.9 Å². The Bertz CT molecular complexity index is 598. The lowest BCUT2D eigenvalue weighted by molar-refractivity contribution is 0.0623. The van der Waals surface area contributed by atoms with Gasteiger partial charge in [0.15, 0.2) is 0 Å². The van der Waals surface area contributed by atoms with Crippen molar-refractivity contribution < 1.29 is 4.79 Å². The molecular formula is C15H19N5O. The summed E-state index contributed by atoms with van der Waals surface area (Å²) in [4.78, 5) is 14.5. The molecule has 2 heterocycles. The van der Waals surface area contributed by atoms with Gasteiger partial charge in [-0.3, -0.25) is 4.79 Å². The molecule has 1 aliphatic rings. The van der Waals surface area contributed by atoms with Crippen LogP contribution in [0.3, 0.4) is 0 Å². The van der Waals surface area contributed by atoms with E-state index in [0.717, 1.165) is 18.8 Å². The Morgan fingerprint density at radius 2 is 1.81 bits per heavy atom. The van der Waals surface area contributed by atoms with Crippen molar-refractivity contribution in [3.05, 3.63) is 36.2 Å². The fourth-order valence-electron chi connectivity index (χ4n) is 3.05. The van der Waals surface area contributed by atoms with Crippen molar-refractivity contribution in [1.82, 2.24) is 25.1 Å². The Balaban J connectivity index is 1.76. The van der Waals surface area contributed by atoms with Gasteiger partial charge in [-0.2, -0.15) is 0 Å². The average molecular weight is 285 g/mol. The summed E-state index contributed by atoms with van der Waals surface area (Å²) in [7, 11) is 0. The maximum absolute atomic E-state index is 12.6. The van der Waals surface area contributed by atoms with Crippen LogP contribution < -0.4 is 0 Å². The van der Waals surface area contributed by atoms with Gasteiger partial charge in [0.1, 0.15) is 6.33 Å². The molecule has 1 aliphatic heterocycles. The third kappa shape index (κ3) is 2.94. The van der Waals surface area contributed by atoms with E-state index >= 15 is 0 Å². The lowest BCUT2D eigenvalue weighted by Crippen LogP contribution is -2.42. The normalized spacial score (nSPS) is 22.3. The van der Waals surface area contributed by atoms with E-state index in [1.165, 1.54) is 12.7 Å². The number of likely N-dealkylation sites (tertiary alicyclic amines) is 1. The fraction of sp³-hybridized carbons (Fsp3) is 0.467. The third-order valence-corrected chi connectivity index (χ3v) is 3.88. The summed E-state index contributed by atoms with van der Waals surface area (Å²) >= 11 is 0. The standard InChI is InChI=1S/C15H19N5O/c1-11-7-12(2)9-19(8-11)15(21)13-3-5-14(6-4-13)20-10-16-17-18-20/h3-6,10-12H,7-9H2,1-2H3. The van der Waals surface area contributed by atoms with E-state index < -0.39 is 0 Å². The molecule has 2 atom stereocenters. The van der Waals surface area contributed by atoms with E-state index in [-0.39, 0.29) is 5.91 Å². The van der Waals surface area contributed by atoms with Gasteiger partial charge in [0.25, 0.3) is 5.91 Å². The summed E-state index contributed by atoms with van der Waals surface area (Å²) in [5.41, 5.74) is 1.56. The van der Waals surface area contributed by atoms with Crippen molar-refractivity contribution in [2.75, 3.05) is 13.1 Å². The first-order chi connectivity index (χ1) is 10.1. The lowest BCUT2D eigenvalue weighted by atomic mass is 9.91. The van der Waals surface area contributed by atoms with Crippen LogP contribution in [0, 0.1) is 11.8 Å². The minimum absolute atomic E-state index is 0.108. The van der Waals surface area contributed by atoms with Gasteiger partial charge in [-0.1, -0.05) is 13.8 Å². The molecule has 1 aromatic carbocycles. The van der Waals surface area contributed by atoms with E-state index in [1.54, 1.807) is 4.68 Å². The molecule has 110 valence electrons. The summed E-state index contributed by atoms with van der Waals surface area (Å²) < 4.78 is 1.57. The maximum Gasteiger partial charge on any atom is 0.253 e. The second-order valence-electron chi connectivity index (χ2n) is 5.96. The third-order valence-electron chi connectivity index (χ3n) is 3.88. The molecule has 1 fully saturated rings. The largest absolute Gasteiger partial charge is 0.338 e. The van der Waals surface area contributed by atoms with Crippen LogP contribution in [-0.2, 0) is 0 Å². The molecule has 0 N–H and O–H groups in total. The summed E-state index contributed by atoms with van der Waals surface area (Å²) in [6, 6.07) is 7.40. The van der Waals surface area contributed by atoms with Crippen LogP contribution in [0.2, 0.25) is 0 Å². The Hall–Kier alpha value is -2.24. The first kappa shape index (κ1) is 13.7. The van der Waals surface area contributed by atoms with Gasteiger partial charge < -0.3 is 4.90 Å². The van der Waals surface area contributed by atoms with Gasteiger partial charge in [0.2, 0.25) is 0 Å². The molecule has 3 rings (SSSR count). The zero-order valence-electron chi connectivity index (χ0n) is 12.3. The van der Waals surface area contributed by atoms with E-state index in [0.29, 0.717) is 17.4 Å². The van der Waals surface area contributed by atoms with E-state index in [9.17, 15) is 4.79 Å². The van der Waals surface area contributed by atoms with Crippen LogP contribution >= 0.6 is 0 Å². The zero-order valence-corrected chi connectivity index (χ0v) is 12.3. The number of piperidine rings is 1. The predicted octanol–water partition coefficient (Wildman–Crippen LogP) is 1.78. The lowest BCUT2D eigenvalue weighted by Gasteiger charge is -2.35. The van der Waals surface area contributed by atoms with Crippen LogP contribution in [0.4, 0.5) is 0 Å². The van der Waals surface area contributed by atoms with E-state index in [2.05, 4.69) is 29.4 Å². The molecule has 0 saturated carbocycles. The SMILES string of the molecule is CC1CC(C)CN(C(=O)c2ccc(-n3cnnn3)cc2)C1. The zero-order chi connectivity index (χ0) is 14.8.